The van der Waals surface area contributed by atoms with E-state index < -0.39 is 41.3 Å². The van der Waals surface area contributed by atoms with Crippen molar-refractivity contribution >= 4 is 0 Å². The van der Waals surface area contributed by atoms with Gasteiger partial charge in [0, 0.05) is 5.56 Å². The van der Waals surface area contributed by atoms with Crippen LogP contribution in [-0.4, -0.2) is 31.4 Å². The summed E-state index contributed by atoms with van der Waals surface area (Å²) in [5.41, 5.74) is -6.06. The maximum Gasteiger partial charge on any atom is 0.417 e. The largest absolute Gasteiger partial charge is 0.417 e. The lowest BCUT2D eigenvalue weighted by Gasteiger charge is -2.33. The molecule has 0 radical (unpaired) electrons. The number of rotatable bonds is 6. The summed E-state index contributed by atoms with van der Waals surface area (Å²) in [5, 5.41) is 13.1. The molecule has 0 amide bonds. The van der Waals surface area contributed by atoms with Crippen molar-refractivity contribution in [1.82, 2.24) is 5.32 Å². The maximum atomic E-state index is 14.0. The molecule has 1 unspecified atom stereocenters. The van der Waals surface area contributed by atoms with E-state index in [-0.39, 0.29) is 23.7 Å². The highest BCUT2D eigenvalue weighted by molar-refractivity contribution is 5.73. The Morgan fingerprint density at radius 1 is 0.938 bits per heavy atom. The van der Waals surface area contributed by atoms with Crippen LogP contribution < -0.4 is 5.32 Å². The van der Waals surface area contributed by atoms with Gasteiger partial charge >= 0.3 is 12.4 Å². The molecule has 1 aliphatic heterocycles. The van der Waals surface area contributed by atoms with E-state index >= 15 is 0 Å². The van der Waals surface area contributed by atoms with Crippen molar-refractivity contribution in [1.29, 1.82) is 0 Å². The highest BCUT2D eigenvalue weighted by Gasteiger charge is 2.44. The van der Waals surface area contributed by atoms with E-state index in [2.05, 4.69) is 5.32 Å². The number of halogens is 6. The Labute approximate surface area is 182 Å². The first-order valence-electron chi connectivity index (χ1n) is 10.3. The van der Waals surface area contributed by atoms with Crippen LogP contribution in [0, 0.1) is 5.92 Å². The van der Waals surface area contributed by atoms with Gasteiger partial charge in [-0.1, -0.05) is 30.3 Å². The lowest BCUT2D eigenvalue weighted by atomic mass is 9.86. The van der Waals surface area contributed by atoms with Crippen molar-refractivity contribution in [3.63, 3.8) is 0 Å². The van der Waals surface area contributed by atoms with Crippen molar-refractivity contribution in [3.8, 4) is 11.1 Å². The van der Waals surface area contributed by atoms with Crippen LogP contribution in [-0.2, 0) is 22.7 Å². The van der Waals surface area contributed by atoms with E-state index in [1.165, 1.54) is 37.3 Å². The van der Waals surface area contributed by atoms with E-state index in [9.17, 15) is 31.4 Å². The molecule has 2 aromatic carbocycles. The second-order valence-electron chi connectivity index (χ2n) is 8.20. The molecule has 0 saturated carbocycles. The highest BCUT2D eigenvalue weighted by atomic mass is 19.4. The number of hydrogen-bond donors (Lipinski definition) is 2. The average molecular weight is 461 g/mol. The molecule has 1 atom stereocenters. The predicted octanol–water partition coefficient (Wildman–Crippen LogP) is 5.61. The molecule has 9 heteroatoms. The first-order chi connectivity index (χ1) is 15.0. The van der Waals surface area contributed by atoms with Gasteiger partial charge in [0.1, 0.15) is 5.60 Å². The van der Waals surface area contributed by atoms with Crippen molar-refractivity contribution < 1.29 is 36.2 Å². The zero-order chi connectivity index (χ0) is 23.6. The smallest absolute Gasteiger partial charge is 0.393 e. The second kappa shape index (κ2) is 9.41. The third kappa shape index (κ3) is 5.44. The molecule has 0 bridgehead atoms. The number of aliphatic hydroxyl groups is 1. The molecule has 0 aromatic heterocycles. The standard InChI is InChI=1S/C23H25F6NO2/c1-21(14-31,32-13-15-7-9-30-10-8-15)17-11-18(22(24,25)26)20(16-5-3-2-4-6-16)19(12-17)23(27,28)29/h2-6,11-12,15,30-31H,7-10,13-14H2,1H3. The van der Waals surface area contributed by atoms with Gasteiger partial charge in [-0.15, -0.1) is 0 Å². The van der Waals surface area contributed by atoms with E-state index in [1.807, 2.05) is 0 Å². The molecule has 0 aliphatic carbocycles. The van der Waals surface area contributed by atoms with Crippen LogP contribution in [0.15, 0.2) is 42.5 Å². The number of nitrogens with one attached hydrogen (secondary N) is 1. The molecule has 1 fully saturated rings. The Kier molecular flexibility index (Phi) is 7.21. The molecule has 3 nitrogen and oxygen atoms in total. The minimum atomic E-state index is -5.05. The van der Waals surface area contributed by atoms with Gasteiger partial charge in [0.15, 0.2) is 0 Å². The molecule has 176 valence electrons. The lowest BCUT2D eigenvalue weighted by Crippen LogP contribution is -2.36. The zero-order valence-electron chi connectivity index (χ0n) is 17.5. The topological polar surface area (TPSA) is 41.5 Å². The highest BCUT2D eigenvalue weighted by Crippen LogP contribution is 2.47. The van der Waals surface area contributed by atoms with Gasteiger partial charge < -0.3 is 15.2 Å². The number of alkyl halides is 6. The number of ether oxygens (including phenoxy) is 1. The molecule has 2 aromatic rings. The van der Waals surface area contributed by atoms with E-state index in [0.29, 0.717) is 12.1 Å². The van der Waals surface area contributed by atoms with E-state index in [1.54, 1.807) is 0 Å². The van der Waals surface area contributed by atoms with Gasteiger partial charge in [-0.25, -0.2) is 0 Å². The summed E-state index contributed by atoms with van der Waals surface area (Å²) in [6, 6.07) is 8.01. The molecule has 1 aliphatic rings. The summed E-state index contributed by atoms with van der Waals surface area (Å²) in [4.78, 5) is 0. The van der Waals surface area contributed by atoms with Gasteiger partial charge in [0.25, 0.3) is 0 Å². The summed E-state index contributed by atoms with van der Waals surface area (Å²) in [7, 11) is 0. The molecular formula is C23H25F6NO2. The number of aliphatic hydroxyl groups excluding tert-OH is 1. The Balaban J connectivity index is 2.13. The van der Waals surface area contributed by atoms with Gasteiger partial charge in [-0.3, -0.25) is 0 Å². The number of benzene rings is 2. The lowest BCUT2D eigenvalue weighted by molar-refractivity contribution is -0.142. The van der Waals surface area contributed by atoms with Gasteiger partial charge in [-0.2, -0.15) is 26.3 Å². The summed E-state index contributed by atoms with van der Waals surface area (Å²) in [5.74, 6) is 0.106. The van der Waals surface area contributed by atoms with Gasteiger partial charge in [0.05, 0.1) is 24.3 Å². The van der Waals surface area contributed by atoms with Crippen molar-refractivity contribution in [2.45, 2.75) is 37.7 Å². The van der Waals surface area contributed by atoms with Crippen LogP contribution in [0.1, 0.15) is 36.5 Å². The SMILES string of the molecule is CC(CO)(OCC1CCNCC1)c1cc(C(F)(F)F)c(-c2ccccc2)c(C(F)(F)F)c1. The quantitative estimate of drug-likeness (QED) is 0.549. The fourth-order valence-corrected chi connectivity index (χ4v) is 3.88. The Morgan fingerprint density at radius 2 is 1.47 bits per heavy atom. The summed E-state index contributed by atoms with van der Waals surface area (Å²) >= 11 is 0. The third-order valence-electron chi connectivity index (χ3n) is 5.82. The Morgan fingerprint density at radius 3 is 1.94 bits per heavy atom. The van der Waals surface area contributed by atoms with Crippen molar-refractivity contribution in [2.75, 3.05) is 26.3 Å². The van der Waals surface area contributed by atoms with Crippen LogP contribution in [0.5, 0.6) is 0 Å². The number of hydrogen-bond acceptors (Lipinski definition) is 3. The average Bonchev–Trinajstić information content (AvgIpc) is 2.76. The zero-order valence-corrected chi connectivity index (χ0v) is 17.5. The normalized spacial score (nSPS) is 17.9. The molecule has 0 spiro atoms. The first-order valence-corrected chi connectivity index (χ1v) is 10.3. The third-order valence-corrected chi connectivity index (χ3v) is 5.82. The van der Waals surface area contributed by atoms with Crippen LogP contribution in [0.3, 0.4) is 0 Å². The molecule has 1 heterocycles. The van der Waals surface area contributed by atoms with Crippen LogP contribution in [0.2, 0.25) is 0 Å². The minimum Gasteiger partial charge on any atom is -0.393 e. The van der Waals surface area contributed by atoms with Crippen molar-refractivity contribution in [3.05, 3.63) is 59.2 Å². The summed E-state index contributed by atoms with van der Waals surface area (Å²) in [6.45, 7) is 2.18. The molecule has 32 heavy (non-hydrogen) atoms. The predicted molar refractivity (Wildman–Crippen MR) is 108 cm³/mol. The van der Waals surface area contributed by atoms with E-state index in [4.69, 9.17) is 4.74 Å². The fourth-order valence-electron chi connectivity index (χ4n) is 3.88. The van der Waals surface area contributed by atoms with Crippen LogP contribution in [0.4, 0.5) is 26.3 Å². The molecule has 2 N–H and O–H groups in total. The van der Waals surface area contributed by atoms with Crippen LogP contribution >= 0.6 is 0 Å². The van der Waals surface area contributed by atoms with Crippen molar-refractivity contribution in [2.24, 2.45) is 5.92 Å². The monoisotopic (exact) mass is 461 g/mol. The molecule has 3 rings (SSSR count). The fraction of sp³-hybridized carbons (Fsp3) is 0.478. The minimum absolute atomic E-state index is 0.106. The maximum absolute atomic E-state index is 14.0. The van der Waals surface area contributed by atoms with Gasteiger partial charge in [-0.05, 0) is 62.0 Å². The molecule has 1 saturated heterocycles. The first kappa shape index (κ1) is 24.5. The summed E-state index contributed by atoms with van der Waals surface area (Å²) in [6.07, 6.45) is -8.55. The Hall–Kier alpha value is -2.10. The van der Waals surface area contributed by atoms with E-state index in [0.717, 1.165) is 25.9 Å². The summed E-state index contributed by atoms with van der Waals surface area (Å²) < 4.78 is 89.6. The second-order valence-corrected chi connectivity index (χ2v) is 8.20. The Bertz CT molecular complexity index is 872. The van der Waals surface area contributed by atoms with Crippen LogP contribution in [0.25, 0.3) is 11.1 Å². The van der Waals surface area contributed by atoms with Gasteiger partial charge in [0.2, 0.25) is 0 Å². The molecular weight excluding hydrogens is 436 g/mol. The number of piperidine rings is 1.